The van der Waals surface area contributed by atoms with Crippen LogP contribution in [0.15, 0.2) is 72.8 Å². The molecular weight excluding hydrogens is 283 g/mol. The van der Waals surface area contributed by atoms with Crippen LogP contribution in [0.3, 0.4) is 0 Å². The van der Waals surface area contributed by atoms with E-state index in [0.717, 1.165) is 28.7 Å². The molecule has 0 aliphatic heterocycles. The molecule has 0 nitrogen and oxygen atoms in total. The molecule has 3 aromatic rings. The zero-order chi connectivity index (χ0) is 16.1. The molecule has 0 atom stereocenters. The molecule has 0 fully saturated rings. The van der Waals surface area contributed by atoms with Crippen LogP contribution < -0.4 is 0 Å². The summed E-state index contributed by atoms with van der Waals surface area (Å²) in [5.74, 6) is -0.194. The van der Waals surface area contributed by atoms with E-state index in [1.807, 2.05) is 24.3 Å². The van der Waals surface area contributed by atoms with Crippen molar-refractivity contribution in [2.24, 2.45) is 0 Å². The van der Waals surface area contributed by atoms with E-state index < -0.39 is 0 Å². The van der Waals surface area contributed by atoms with E-state index in [2.05, 4.69) is 37.3 Å². The zero-order valence-corrected chi connectivity index (χ0v) is 13.4. The van der Waals surface area contributed by atoms with Crippen molar-refractivity contribution < 1.29 is 4.39 Å². The van der Waals surface area contributed by atoms with Gasteiger partial charge in [0.15, 0.2) is 0 Å². The highest BCUT2D eigenvalue weighted by Crippen LogP contribution is 2.33. The average Bonchev–Trinajstić information content (AvgIpc) is 2.60. The zero-order valence-electron chi connectivity index (χ0n) is 13.4. The molecule has 0 saturated carbocycles. The second-order valence-corrected chi connectivity index (χ2v) is 5.86. The van der Waals surface area contributed by atoms with Crippen molar-refractivity contribution in [1.82, 2.24) is 0 Å². The van der Waals surface area contributed by atoms with E-state index in [0.29, 0.717) is 0 Å². The van der Waals surface area contributed by atoms with Gasteiger partial charge in [-0.15, -0.1) is 0 Å². The molecule has 0 amide bonds. The molecule has 1 heteroatoms. The minimum atomic E-state index is -0.194. The first-order chi connectivity index (χ1) is 11.3. The summed E-state index contributed by atoms with van der Waals surface area (Å²) in [4.78, 5) is 0. The Balaban J connectivity index is 2.12. The van der Waals surface area contributed by atoms with E-state index in [1.165, 1.54) is 24.5 Å². The van der Waals surface area contributed by atoms with Crippen LogP contribution in [0.5, 0.6) is 0 Å². The van der Waals surface area contributed by atoms with Crippen molar-refractivity contribution in [2.75, 3.05) is 0 Å². The predicted molar refractivity (Wildman–Crippen MR) is 95.9 cm³/mol. The molecule has 116 valence electrons. The van der Waals surface area contributed by atoms with Crippen LogP contribution in [0.25, 0.3) is 22.3 Å². The number of hydrogen-bond donors (Lipinski definition) is 0. The highest BCUT2D eigenvalue weighted by molar-refractivity contribution is 5.83. The molecule has 0 radical (unpaired) electrons. The molecule has 3 aromatic carbocycles. The van der Waals surface area contributed by atoms with Crippen molar-refractivity contribution in [3.63, 3.8) is 0 Å². The Bertz CT molecular complexity index is 775. The summed E-state index contributed by atoms with van der Waals surface area (Å²) >= 11 is 0. The fourth-order valence-electron chi connectivity index (χ4n) is 2.89. The van der Waals surface area contributed by atoms with Gasteiger partial charge in [-0.25, -0.2) is 4.39 Å². The van der Waals surface area contributed by atoms with Crippen molar-refractivity contribution in [1.29, 1.82) is 0 Å². The number of benzene rings is 3. The lowest BCUT2D eigenvalue weighted by molar-refractivity contribution is 0.628. The number of aryl methyl sites for hydroxylation is 1. The topological polar surface area (TPSA) is 0 Å². The molecule has 0 bridgehead atoms. The molecule has 0 saturated heterocycles. The minimum Gasteiger partial charge on any atom is -0.207 e. The summed E-state index contributed by atoms with van der Waals surface area (Å²) in [6.45, 7) is 2.20. The maximum Gasteiger partial charge on any atom is 0.123 e. The minimum absolute atomic E-state index is 0.194. The highest BCUT2D eigenvalue weighted by Gasteiger charge is 2.09. The van der Waals surface area contributed by atoms with Gasteiger partial charge in [0.2, 0.25) is 0 Å². The second kappa shape index (κ2) is 7.23. The van der Waals surface area contributed by atoms with Crippen molar-refractivity contribution in [3.05, 3.63) is 84.2 Å². The van der Waals surface area contributed by atoms with Gasteiger partial charge in [0.25, 0.3) is 0 Å². The third-order valence-electron chi connectivity index (χ3n) is 4.12. The number of halogens is 1. The fourth-order valence-corrected chi connectivity index (χ4v) is 2.89. The molecule has 0 unspecified atom stereocenters. The first-order valence-corrected chi connectivity index (χ1v) is 8.22. The van der Waals surface area contributed by atoms with Crippen LogP contribution in [-0.4, -0.2) is 0 Å². The third kappa shape index (κ3) is 3.68. The van der Waals surface area contributed by atoms with Crippen LogP contribution in [0.4, 0.5) is 4.39 Å². The van der Waals surface area contributed by atoms with Crippen molar-refractivity contribution in [2.45, 2.75) is 26.2 Å². The lowest BCUT2D eigenvalue weighted by atomic mass is 9.91. The summed E-state index contributed by atoms with van der Waals surface area (Å²) < 4.78 is 13.7. The van der Waals surface area contributed by atoms with Crippen LogP contribution in [0, 0.1) is 5.82 Å². The van der Waals surface area contributed by atoms with Crippen LogP contribution in [-0.2, 0) is 6.42 Å². The van der Waals surface area contributed by atoms with E-state index in [4.69, 9.17) is 0 Å². The van der Waals surface area contributed by atoms with Crippen LogP contribution in [0.1, 0.15) is 25.3 Å². The quantitative estimate of drug-likeness (QED) is 0.504. The van der Waals surface area contributed by atoms with Crippen molar-refractivity contribution in [3.8, 4) is 22.3 Å². The largest absolute Gasteiger partial charge is 0.207 e. The van der Waals surface area contributed by atoms with Gasteiger partial charge >= 0.3 is 0 Å². The average molecular weight is 304 g/mol. The summed E-state index contributed by atoms with van der Waals surface area (Å²) in [6, 6.07) is 23.7. The van der Waals surface area contributed by atoms with E-state index in [1.54, 1.807) is 12.1 Å². The van der Waals surface area contributed by atoms with Gasteiger partial charge in [-0.05, 0) is 52.8 Å². The predicted octanol–water partition coefficient (Wildman–Crippen LogP) is 6.50. The summed E-state index contributed by atoms with van der Waals surface area (Å²) in [5.41, 5.74) is 5.66. The molecule has 0 spiro atoms. The van der Waals surface area contributed by atoms with Gasteiger partial charge in [-0.2, -0.15) is 0 Å². The molecule has 0 N–H and O–H groups in total. The van der Waals surface area contributed by atoms with Gasteiger partial charge in [0, 0.05) is 0 Å². The third-order valence-corrected chi connectivity index (χ3v) is 4.12. The Morgan fingerprint density at radius 3 is 2.26 bits per heavy atom. The van der Waals surface area contributed by atoms with Crippen molar-refractivity contribution >= 4 is 0 Å². The Kier molecular flexibility index (Phi) is 4.87. The Hall–Kier alpha value is -2.41. The maximum absolute atomic E-state index is 13.7. The fraction of sp³-hybridized carbons (Fsp3) is 0.182. The summed E-state index contributed by atoms with van der Waals surface area (Å²) in [6.07, 6.45) is 3.41. The van der Waals surface area contributed by atoms with Gasteiger partial charge in [0.1, 0.15) is 5.82 Å². The molecule has 0 heterocycles. The number of hydrogen-bond acceptors (Lipinski definition) is 0. The monoisotopic (exact) mass is 304 g/mol. The van der Waals surface area contributed by atoms with E-state index in [9.17, 15) is 4.39 Å². The normalized spacial score (nSPS) is 10.7. The lowest BCUT2D eigenvalue weighted by Crippen LogP contribution is -1.91. The molecule has 3 rings (SSSR count). The smallest absolute Gasteiger partial charge is 0.123 e. The molecule has 0 aromatic heterocycles. The highest BCUT2D eigenvalue weighted by atomic mass is 19.1. The lowest BCUT2D eigenvalue weighted by Gasteiger charge is -2.13. The standard InChI is InChI=1S/C22H21F/c1-2-3-8-17-13-14-21(18-9-5-4-6-10-18)22(15-17)19-11-7-12-20(23)16-19/h4-7,9-16H,2-3,8H2,1H3. The maximum atomic E-state index is 13.7. The van der Waals surface area contributed by atoms with E-state index >= 15 is 0 Å². The van der Waals surface area contributed by atoms with Gasteiger partial charge < -0.3 is 0 Å². The summed E-state index contributed by atoms with van der Waals surface area (Å²) in [7, 11) is 0. The Morgan fingerprint density at radius 2 is 1.52 bits per heavy atom. The van der Waals surface area contributed by atoms with Gasteiger partial charge in [0.05, 0.1) is 0 Å². The Morgan fingerprint density at radius 1 is 0.739 bits per heavy atom. The molecule has 0 aliphatic rings. The SMILES string of the molecule is CCCCc1ccc(-c2ccccc2)c(-c2cccc(F)c2)c1. The summed E-state index contributed by atoms with van der Waals surface area (Å²) in [5, 5.41) is 0. The van der Waals surface area contributed by atoms with Crippen LogP contribution in [0.2, 0.25) is 0 Å². The van der Waals surface area contributed by atoms with Gasteiger partial charge in [-0.1, -0.05) is 74.0 Å². The molecule has 0 aliphatic carbocycles. The second-order valence-electron chi connectivity index (χ2n) is 5.86. The Labute approximate surface area is 137 Å². The first-order valence-electron chi connectivity index (χ1n) is 8.22. The molecular formula is C22H21F. The van der Waals surface area contributed by atoms with Gasteiger partial charge in [-0.3, -0.25) is 0 Å². The number of rotatable bonds is 5. The van der Waals surface area contributed by atoms with E-state index in [-0.39, 0.29) is 5.82 Å². The first kappa shape index (κ1) is 15.5. The number of unbranched alkanes of at least 4 members (excludes halogenated alkanes) is 1. The van der Waals surface area contributed by atoms with Crippen LogP contribution >= 0.6 is 0 Å². The molecule has 23 heavy (non-hydrogen) atoms.